The van der Waals surface area contributed by atoms with Gasteiger partial charge in [-0.05, 0) is 48.5 Å². The smallest absolute Gasteiger partial charge is 0.335 e. The zero-order chi connectivity index (χ0) is 21.7. The van der Waals surface area contributed by atoms with Gasteiger partial charge >= 0.3 is 11.9 Å². The van der Waals surface area contributed by atoms with Crippen molar-refractivity contribution in [3.63, 3.8) is 0 Å². The number of nitrogens with one attached hydrogen (secondary N) is 2. The molecule has 8 heteroatoms. The Labute approximate surface area is 185 Å². The number of methoxy groups -OCH3 is 2. The Morgan fingerprint density at radius 3 is 1.97 bits per heavy atom. The summed E-state index contributed by atoms with van der Waals surface area (Å²) < 4.78 is 10.0. The van der Waals surface area contributed by atoms with Gasteiger partial charge in [0.05, 0.1) is 25.7 Å². The van der Waals surface area contributed by atoms with Crippen LogP contribution in [0.5, 0.6) is 0 Å². The Balaban J connectivity index is 1.93. The van der Waals surface area contributed by atoms with E-state index in [-0.39, 0.29) is 24.9 Å². The number of carbonyl (C=O) groups is 2. The van der Waals surface area contributed by atoms with Crippen LogP contribution in [-0.4, -0.2) is 32.2 Å². The highest BCUT2D eigenvalue weighted by Crippen LogP contribution is 2.34. The average molecular weight is 449 g/mol. The van der Waals surface area contributed by atoms with Gasteiger partial charge in [-0.25, -0.2) is 4.79 Å². The molecule has 0 bridgehead atoms. The normalized spacial score (nSPS) is 18.5. The SMILES string of the molecule is COC(=O)C1=C(Nc2ccc(Cl)cc2)CC(C(=O)OC)C(Nc2ccc(Cl)cc2)C1. The maximum atomic E-state index is 12.5. The summed E-state index contributed by atoms with van der Waals surface area (Å²) in [6, 6.07) is 13.9. The van der Waals surface area contributed by atoms with Crippen LogP contribution in [0.2, 0.25) is 10.0 Å². The molecule has 0 radical (unpaired) electrons. The van der Waals surface area contributed by atoms with Crippen molar-refractivity contribution in [3.8, 4) is 0 Å². The number of halogens is 2. The molecule has 158 valence electrons. The summed E-state index contributed by atoms with van der Waals surface area (Å²) in [4.78, 5) is 25.1. The van der Waals surface area contributed by atoms with Crippen molar-refractivity contribution in [1.82, 2.24) is 0 Å². The van der Waals surface area contributed by atoms with Crippen molar-refractivity contribution in [2.24, 2.45) is 5.92 Å². The lowest BCUT2D eigenvalue weighted by molar-refractivity contribution is -0.146. The van der Waals surface area contributed by atoms with Crippen LogP contribution >= 0.6 is 23.2 Å². The highest BCUT2D eigenvalue weighted by atomic mass is 35.5. The zero-order valence-electron chi connectivity index (χ0n) is 16.6. The summed E-state index contributed by atoms with van der Waals surface area (Å²) in [5.41, 5.74) is 2.63. The molecule has 2 aromatic carbocycles. The molecule has 2 N–H and O–H groups in total. The number of esters is 2. The standard InChI is InChI=1S/C22H22Cl2N2O4/c1-29-21(27)17-11-20(26-16-9-5-14(24)6-10-16)18(22(28)30-2)12-19(17)25-15-7-3-13(23)4-8-15/h3-10,17,19,25-26H,11-12H2,1-2H3. The highest BCUT2D eigenvalue weighted by Gasteiger charge is 2.38. The van der Waals surface area contributed by atoms with E-state index < -0.39 is 11.9 Å². The zero-order valence-corrected chi connectivity index (χ0v) is 18.1. The van der Waals surface area contributed by atoms with Gasteiger partial charge in [0.1, 0.15) is 0 Å². The molecule has 0 fully saturated rings. The predicted octanol–water partition coefficient (Wildman–Crippen LogP) is 4.90. The van der Waals surface area contributed by atoms with E-state index >= 15 is 0 Å². The summed E-state index contributed by atoms with van der Waals surface area (Å²) in [5, 5.41) is 7.78. The Kier molecular flexibility index (Phi) is 7.24. The summed E-state index contributed by atoms with van der Waals surface area (Å²) in [6.07, 6.45) is 0.565. The lowest BCUT2D eigenvalue weighted by atomic mass is 9.82. The third kappa shape index (κ3) is 5.26. The summed E-state index contributed by atoms with van der Waals surface area (Å²) >= 11 is 11.9. The van der Waals surface area contributed by atoms with Gasteiger partial charge < -0.3 is 20.1 Å². The van der Waals surface area contributed by atoms with E-state index in [1.54, 1.807) is 36.4 Å². The molecule has 2 atom stereocenters. The molecule has 6 nitrogen and oxygen atoms in total. The second kappa shape index (κ2) is 9.87. The molecule has 0 aliphatic heterocycles. The third-order valence-corrected chi connectivity index (χ3v) is 5.47. The third-order valence-electron chi connectivity index (χ3n) is 4.97. The number of carbonyl (C=O) groups excluding carboxylic acids is 2. The predicted molar refractivity (Wildman–Crippen MR) is 118 cm³/mol. The molecule has 0 aromatic heterocycles. The first-order valence-corrected chi connectivity index (χ1v) is 10.1. The molecule has 2 unspecified atom stereocenters. The Bertz CT molecular complexity index is 943. The largest absolute Gasteiger partial charge is 0.469 e. The average Bonchev–Trinajstić information content (AvgIpc) is 2.76. The van der Waals surface area contributed by atoms with Crippen molar-refractivity contribution in [3.05, 3.63) is 69.8 Å². The van der Waals surface area contributed by atoms with E-state index in [0.717, 1.165) is 11.4 Å². The fraction of sp³-hybridized carbons (Fsp3) is 0.273. The van der Waals surface area contributed by atoms with Crippen LogP contribution in [0.15, 0.2) is 59.8 Å². The topological polar surface area (TPSA) is 76.7 Å². The van der Waals surface area contributed by atoms with Gasteiger partial charge in [0.2, 0.25) is 0 Å². The van der Waals surface area contributed by atoms with Gasteiger partial charge in [-0.3, -0.25) is 4.79 Å². The molecule has 0 heterocycles. The lowest BCUT2D eigenvalue weighted by Crippen LogP contribution is -2.41. The molecule has 3 rings (SSSR count). The van der Waals surface area contributed by atoms with Crippen LogP contribution in [-0.2, 0) is 19.1 Å². The molecule has 0 saturated heterocycles. The summed E-state index contributed by atoms with van der Waals surface area (Å²) in [6.45, 7) is 0. The first-order valence-electron chi connectivity index (χ1n) is 9.34. The molecule has 0 amide bonds. The molecule has 0 spiro atoms. The van der Waals surface area contributed by atoms with Crippen LogP contribution in [0, 0.1) is 5.92 Å². The molecule has 2 aromatic rings. The van der Waals surface area contributed by atoms with Crippen molar-refractivity contribution >= 4 is 46.5 Å². The van der Waals surface area contributed by atoms with Gasteiger partial charge in [-0.15, -0.1) is 0 Å². The number of benzene rings is 2. The fourth-order valence-electron chi connectivity index (χ4n) is 3.45. The van der Waals surface area contributed by atoms with Crippen LogP contribution < -0.4 is 10.6 Å². The maximum absolute atomic E-state index is 12.5. The monoisotopic (exact) mass is 448 g/mol. The second-order valence-electron chi connectivity index (χ2n) is 6.88. The minimum Gasteiger partial charge on any atom is -0.469 e. The second-order valence-corrected chi connectivity index (χ2v) is 7.75. The molecule has 0 saturated carbocycles. The van der Waals surface area contributed by atoms with Crippen LogP contribution in [0.3, 0.4) is 0 Å². The number of hydrogen-bond acceptors (Lipinski definition) is 6. The lowest BCUT2D eigenvalue weighted by Gasteiger charge is -2.34. The molecule has 1 aliphatic carbocycles. The maximum Gasteiger partial charge on any atom is 0.335 e. The first-order chi connectivity index (χ1) is 14.4. The fourth-order valence-corrected chi connectivity index (χ4v) is 3.70. The Hall–Kier alpha value is -2.70. The first kappa shape index (κ1) is 22.0. The minimum atomic E-state index is -0.506. The Morgan fingerprint density at radius 1 is 0.867 bits per heavy atom. The van der Waals surface area contributed by atoms with Crippen LogP contribution in [0.25, 0.3) is 0 Å². The molecule has 30 heavy (non-hydrogen) atoms. The van der Waals surface area contributed by atoms with Crippen molar-refractivity contribution in [1.29, 1.82) is 0 Å². The van der Waals surface area contributed by atoms with Gasteiger partial charge in [0, 0.05) is 46.0 Å². The van der Waals surface area contributed by atoms with E-state index in [0.29, 0.717) is 21.3 Å². The van der Waals surface area contributed by atoms with E-state index in [9.17, 15) is 9.59 Å². The van der Waals surface area contributed by atoms with E-state index in [1.807, 2.05) is 12.1 Å². The number of anilines is 2. The molecule has 1 aliphatic rings. The molecular weight excluding hydrogens is 427 g/mol. The van der Waals surface area contributed by atoms with Crippen molar-refractivity contribution in [2.75, 3.05) is 24.9 Å². The highest BCUT2D eigenvalue weighted by molar-refractivity contribution is 6.30. The van der Waals surface area contributed by atoms with E-state index in [2.05, 4.69) is 10.6 Å². The Morgan fingerprint density at radius 2 is 1.43 bits per heavy atom. The van der Waals surface area contributed by atoms with E-state index in [1.165, 1.54) is 14.2 Å². The van der Waals surface area contributed by atoms with Crippen molar-refractivity contribution < 1.29 is 19.1 Å². The van der Waals surface area contributed by atoms with Gasteiger partial charge in [-0.1, -0.05) is 23.2 Å². The summed E-state index contributed by atoms with van der Waals surface area (Å²) in [7, 11) is 2.69. The number of ether oxygens (including phenoxy) is 2. The van der Waals surface area contributed by atoms with Crippen LogP contribution in [0.1, 0.15) is 12.8 Å². The van der Waals surface area contributed by atoms with Gasteiger partial charge in [0.15, 0.2) is 0 Å². The quantitative estimate of drug-likeness (QED) is 0.612. The van der Waals surface area contributed by atoms with Gasteiger partial charge in [-0.2, -0.15) is 0 Å². The number of allylic oxidation sites excluding steroid dienone is 1. The molecular formula is C22H22Cl2N2O4. The minimum absolute atomic E-state index is 0.283. The van der Waals surface area contributed by atoms with Crippen LogP contribution in [0.4, 0.5) is 11.4 Å². The van der Waals surface area contributed by atoms with Crippen molar-refractivity contribution in [2.45, 2.75) is 18.9 Å². The van der Waals surface area contributed by atoms with E-state index in [4.69, 9.17) is 32.7 Å². The number of rotatable bonds is 6. The van der Waals surface area contributed by atoms with Gasteiger partial charge in [0.25, 0.3) is 0 Å². The summed E-state index contributed by atoms with van der Waals surface area (Å²) in [5.74, 6) is -1.31. The number of hydrogen-bond donors (Lipinski definition) is 2.